The number of nitrogens with one attached hydrogen (secondary N) is 2. The molecule has 2 saturated carbocycles. The predicted molar refractivity (Wildman–Crippen MR) is 160 cm³/mol. The number of fused-ring (bicyclic) bond motifs is 1. The first-order valence-electron chi connectivity index (χ1n) is 14.3. The van der Waals surface area contributed by atoms with Gasteiger partial charge in [-0.2, -0.15) is 0 Å². The maximum atomic E-state index is 13.1. The molecule has 0 unspecified atom stereocenters. The van der Waals surface area contributed by atoms with Crippen LogP contribution in [0.4, 0.5) is 0 Å². The molecule has 0 bridgehead atoms. The second-order valence-corrected chi connectivity index (χ2v) is 11.5. The van der Waals surface area contributed by atoms with E-state index >= 15 is 0 Å². The van der Waals surface area contributed by atoms with Crippen molar-refractivity contribution in [1.82, 2.24) is 10.6 Å². The van der Waals surface area contributed by atoms with Crippen LogP contribution in [0.15, 0.2) is 66.7 Å². The first-order chi connectivity index (χ1) is 18.4. The minimum atomic E-state index is -0.849. The van der Waals surface area contributed by atoms with Crippen molar-refractivity contribution < 1.29 is 14.7 Å². The Labute approximate surface area is 238 Å². The van der Waals surface area contributed by atoms with Crippen molar-refractivity contribution in [3.8, 4) is 0 Å². The van der Waals surface area contributed by atoms with Crippen LogP contribution in [-0.4, -0.2) is 28.6 Å². The molecule has 2 fully saturated rings. The van der Waals surface area contributed by atoms with Crippen molar-refractivity contribution in [3.05, 3.63) is 83.4 Å². The van der Waals surface area contributed by atoms with Crippen LogP contribution in [0.2, 0.25) is 0 Å². The Kier molecular flexibility index (Phi) is 9.68. The van der Waals surface area contributed by atoms with Crippen LogP contribution in [0, 0.1) is 0 Å². The number of carbonyl (C=O) groups excluding carboxylic acids is 1. The number of halogens is 1. The van der Waals surface area contributed by atoms with Crippen molar-refractivity contribution in [2.75, 3.05) is 0 Å². The summed E-state index contributed by atoms with van der Waals surface area (Å²) < 4.78 is 0. The van der Waals surface area contributed by atoms with Crippen molar-refractivity contribution in [2.45, 2.75) is 94.7 Å². The normalized spacial score (nSPS) is 21.5. The van der Waals surface area contributed by atoms with E-state index in [0.717, 1.165) is 44.9 Å². The molecule has 0 spiro atoms. The highest BCUT2D eigenvalue weighted by Crippen LogP contribution is 2.35. The number of amides is 1. The molecule has 0 radical (unpaired) electrons. The molecule has 208 valence electrons. The Bertz CT molecular complexity index is 1260. The largest absolute Gasteiger partial charge is 0.481 e. The highest BCUT2D eigenvalue weighted by molar-refractivity contribution is 5.95. The van der Waals surface area contributed by atoms with Crippen LogP contribution >= 0.6 is 12.4 Å². The molecule has 5 nitrogen and oxygen atoms in total. The zero-order valence-corrected chi connectivity index (χ0v) is 23.6. The van der Waals surface area contributed by atoms with Crippen molar-refractivity contribution in [2.24, 2.45) is 0 Å². The highest BCUT2D eigenvalue weighted by Gasteiger charge is 2.36. The molecule has 2 aliphatic carbocycles. The maximum absolute atomic E-state index is 13.1. The summed E-state index contributed by atoms with van der Waals surface area (Å²) in [4.78, 5) is 24.6. The molecule has 3 aromatic rings. The lowest BCUT2D eigenvalue weighted by Crippen LogP contribution is -2.51. The Hall–Kier alpha value is -2.89. The van der Waals surface area contributed by atoms with Gasteiger partial charge in [-0.15, -0.1) is 12.4 Å². The lowest BCUT2D eigenvalue weighted by molar-refractivity contribution is -0.139. The van der Waals surface area contributed by atoms with Gasteiger partial charge in [0.2, 0.25) is 0 Å². The zero-order valence-electron chi connectivity index (χ0n) is 22.8. The maximum Gasteiger partial charge on any atom is 0.305 e. The third-order valence-corrected chi connectivity index (χ3v) is 8.77. The molecule has 0 heterocycles. The lowest BCUT2D eigenvalue weighted by Gasteiger charge is -2.37. The van der Waals surface area contributed by atoms with Gasteiger partial charge in [0.25, 0.3) is 5.91 Å². The van der Waals surface area contributed by atoms with Crippen molar-refractivity contribution in [1.29, 1.82) is 0 Å². The molecule has 3 N–H and O–H groups in total. The Balaban J connectivity index is 0.00000353. The van der Waals surface area contributed by atoms with Gasteiger partial charge in [-0.1, -0.05) is 80.3 Å². The molecule has 0 saturated heterocycles. The third-order valence-electron chi connectivity index (χ3n) is 8.77. The van der Waals surface area contributed by atoms with Crippen molar-refractivity contribution in [3.63, 3.8) is 0 Å². The summed E-state index contributed by atoms with van der Waals surface area (Å²) in [6.07, 6.45) is 9.09. The first-order valence-corrected chi connectivity index (χ1v) is 14.3. The van der Waals surface area contributed by atoms with Crippen LogP contribution in [-0.2, 0) is 4.79 Å². The monoisotopic (exact) mass is 548 g/mol. The second-order valence-electron chi connectivity index (χ2n) is 11.5. The molecule has 5 rings (SSSR count). The van der Waals surface area contributed by atoms with Crippen LogP contribution in [0.5, 0.6) is 0 Å². The number of aliphatic carboxylic acids is 1. The molecular formula is C33H41ClN2O3. The molecule has 3 atom stereocenters. The van der Waals surface area contributed by atoms with Gasteiger partial charge < -0.3 is 15.7 Å². The molecule has 0 aliphatic heterocycles. The highest BCUT2D eigenvalue weighted by atomic mass is 35.5. The Morgan fingerprint density at radius 3 is 2.38 bits per heavy atom. The van der Waals surface area contributed by atoms with Gasteiger partial charge in [-0.25, -0.2) is 0 Å². The smallest absolute Gasteiger partial charge is 0.305 e. The minimum absolute atomic E-state index is 0. The van der Waals surface area contributed by atoms with Gasteiger partial charge in [0.15, 0.2) is 0 Å². The van der Waals surface area contributed by atoms with Crippen LogP contribution < -0.4 is 10.6 Å². The van der Waals surface area contributed by atoms with E-state index in [2.05, 4.69) is 72.2 Å². The van der Waals surface area contributed by atoms with Crippen LogP contribution in [0.3, 0.4) is 0 Å². The van der Waals surface area contributed by atoms with E-state index < -0.39 is 11.5 Å². The van der Waals surface area contributed by atoms with Gasteiger partial charge in [-0.05, 0) is 79.0 Å². The SMILES string of the molecule is C[C@@H](N[C@H]1CCC[C@H](c2ccc(C(=O)NC3(CC(=O)O)CCCCC3)cc2)C1)c1cccc2ccccc12.Cl. The Morgan fingerprint density at radius 1 is 0.923 bits per heavy atom. The summed E-state index contributed by atoms with van der Waals surface area (Å²) in [5.74, 6) is -0.542. The van der Waals surface area contributed by atoms with E-state index in [1.165, 1.54) is 34.7 Å². The van der Waals surface area contributed by atoms with Gasteiger partial charge in [0.05, 0.1) is 12.0 Å². The number of carboxylic acid groups (broad SMARTS) is 1. The average molecular weight is 549 g/mol. The summed E-state index contributed by atoms with van der Waals surface area (Å²) in [5.41, 5.74) is 2.62. The lowest BCUT2D eigenvalue weighted by atomic mass is 9.79. The van der Waals surface area contributed by atoms with Gasteiger partial charge >= 0.3 is 5.97 Å². The fraction of sp³-hybridized carbons (Fsp3) is 0.455. The summed E-state index contributed by atoms with van der Waals surface area (Å²) >= 11 is 0. The summed E-state index contributed by atoms with van der Waals surface area (Å²) in [5, 5.41) is 19.0. The standard InChI is InChI=1S/C33H40N2O3.ClH/c1-23(29-14-8-10-25-9-3-4-13-30(25)29)34-28-12-7-11-27(21-28)24-15-17-26(18-16-24)32(38)35-33(22-31(36)37)19-5-2-6-20-33;/h3-4,8-10,13-18,23,27-28,34H,2,5-7,11-12,19-22H2,1H3,(H,35,38)(H,36,37);1H/t23-,27+,28+;/m1./s1. The van der Waals surface area contributed by atoms with Gasteiger partial charge in [-0.3, -0.25) is 9.59 Å². The summed E-state index contributed by atoms with van der Waals surface area (Å²) in [6, 6.07) is 23.9. The zero-order chi connectivity index (χ0) is 26.5. The number of hydrogen-bond donors (Lipinski definition) is 3. The van der Waals surface area contributed by atoms with E-state index in [1.807, 2.05) is 12.1 Å². The first kappa shape index (κ1) is 29.1. The molecule has 6 heteroatoms. The number of hydrogen-bond acceptors (Lipinski definition) is 3. The molecule has 3 aromatic carbocycles. The van der Waals surface area contributed by atoms with E-state index in [0.29, 0.717) is 17.5 Å². The number of carbonyl (C=O) groups is 2. The fourth-order valence-corrected chi connectivity index (χ4v) is 6.80. The third kappa shape index (κ3) is 7.01. The van der Waals surface area contributed by atoms with Gasteiger partial charge in [0.1, 0.15) is 0 Å². The van der Waals surface area contributed by atoms with Crippen LogP contribution in [0.25, 0.3) is 10.8 Å². The fourth-order valence-electron chi connectivity index (χ4n) is 6.80. The van der Waals surface area contributed by atoms with E-state index in [1.54, 1.807) is 0 Å². The number of rotatable bonds is 8. The molecule has 39 heavy (non-hydrogen) atoms. The number of benzene rings is 3. The topological polar surface area (TPSA) is 78.4 Å². The van der Waals surface area contributed by atoms with Crippen molar-refractivity contribution >= 4 is 35.1 Å². The molecule has 1 amide bonds. The molecular weight excluding hydrogens is 508 g/mol. The van der Waals surface area contributed by atoms with Gasteiger partial charge in [0, 0.05) is 17.6 Å². The summed E-state index contributed by atoms with van der Waals surface area (Å²) in [6.45, 7) is 2.27. The van der Waals surface area contributed by atoms with E-state index in [9.17, 15) is 14.7 Å². The average Bonchev–Trinajstić information content (AvgIpc) is 2.93. The Morgan fingerprint density at radius 2 is 1.64 bits per heavy atom. The van der Waals surface area contributed by atoms with Crippen LogP contribution in [0.1, 0.15) is 105 Å². The number of carboxylic acids is 1. The van der Waals surface area contributed by atoms with E-state index in [-0.39, 0.29) is 30.8 Å². The quantitative estimate of drug-likeness (QED) is 0.271. The summed E-state index contributed by atoms with van der Waals surface area (Å²) in [7, 11) is 0. The molecule has 0 aromatic heterocycles. The molecule has 2 aliphatic rings. The second kappa shape index (κ2) is 13.0. The van der Waals surface area contributed by atoms with E-state index in [4.69, 9.17) is 0 Å². The minimum Gasteiger partial charge on any atom is -0.481 e. The predicted octanol–water partition coefficient (Wildman–Crippen LogP) is 7.55.